The molecule has 1 heterocycles. The molecule has 1 aliphatic rings. The summed E-state index contributed by atoms with van der Waals surface area (Å²) in [6.45, 7) is 2.39. The predicted octanol–water partition coefficient (Wildman–Crippen LogP) is 5.63. The SMILES string of the molecule is CCN1C(=O)S/C(=C/c2ccccc2OCc2ccc(Cl)cc2Cl)C1=O. The highest BCUT2D eigenvalue weighted by Crippen LogP contribution is 2.34. The minimum absolute atomic E-state index is 0.255. The quantitative estimate of drug-likeness (QED) is 0.602. The molecule has 1 fully saturated rings. The summed E-state index contributed by atoms with van der Waals surface area (Å²) in [5.41, 5.74) is 1.52. The Hall–Kier alpha value is -1.95. The van der Waals surface area contributed by atoms with Gasteiger partial charge in [-0.05, 0) is 43.0 Å². The van der Waals surface area contributed by atoms with Crippen molar-refractivity contribution in [2.24, 2.45) is 0 Å². The van der Waals surface area contributed by atoms with Crippen molar-refractivity contribution >= 4 is 52.2 Å². The number of carbonyl (C=O) groups excluding carboxylic acids is 2. The lowest BCUT2D eigenvalue weighted by molar-refractivity contribution is -0.122. The van der Waals surface area contributed by atoms with E-state index in [-0.39, 0.29) is 17.8 Å². The summed E-state index contributed by atoms with van der Waals surface area (Å²) in [5, 5.41) is 0.833. The highest BCUT2D eigenvalue weighted by atomic mass is 35.5. The summed E-state index contributed by atoms with van der Waals surface area (Å²) in [7, 11) is 0. The lowest BCUT2D eigenvalue weighted by Crippen LogP contribution is -2.27. The van der Waals surface area contributed by atoms with Gasteiger partial charge < -0.3 is 4.74 Å². The van der Waals surface area contributed by atoms with Crippen LogP contribution in [0.15, 0.2) is 47.4 Å². The van der Waals surface area contributed by atoms with Crippen LogP contribution < -0.4 is 4.74 Å². The fourth-order valence-corrected chi connectivity index (χ4v) is 3.80. The third kappa shape index (κ3) is 4.06. The maximum Gasteiger partial charge on any atom is 0.293 e. The van der Waals surface area contributed by atoms with Gasteiger partial charge in [-0.25, -0.2) is 0 Å². The molecule has 4 nitrogen and oxygen atoms in total. The number of imide groups is 1. The summed E-state index contributed by atoms with van der Waals surface area (Å²) in [6.07, 6.45) is 1.68. The van der Waals surface area contributed by atoms with Gasteiger partial charge >= 0.3 is 0 Å². The number of carbonyl (C=O) groups is 2. The van der Waals surface area contributed by atoms with E-state index in [4.69, 9.17) is 27.9 Å². The van der Waals surface area contributed by atoms with Crippen molar-refractivity contribution < 1.29 is 14.3 Å². The average Bonchev–Trinajstić information content (AvgIpc) is 2.88. The first-order valence-electron chi connectivity index (χ1n) is 7.90. The zero-order valence-corrected chi connectivity index (χ0v) is 16.2. The molecule has 1 aliphatic heterocycles. The van der Waals surface area contributed by atoms with Crippen molar-refractivity contribution in [1.29, 1.82) is 0 Å². The normalized spacial score (nSPS) is 15.8. The van der Waals surface area contributed by atoms with Gasteiger partial charge in [0.15, 0.2) is 0 Å². The van der Waals surface area contributed by atoms with Gasteiger partial charge in [-0.1, -0.05) is 47.5 Å². The lowest BCUT2D eigenvalue weighted by Gasteiger charge is -2.11. The zero-order chi connectivity index (χ0) is 18.7. The molecule has 0 atom stereocenters. The Morgan fingerprint density at radius 3 is 2.62 bits per heavy atom. The molecular formula is C19H15Cl2NO3S. The number of halogens is 2. The molecule has 0 spiro atoms. The number of thioether (sulfide) groups is 1. The third-order valence-corrected chi connectivity index (χ3v) is 5.29. The highest BCUT2D eigenvalue weighted by Gasteiger charge is 2.33. The number of rotatable bonds is 5. The molecule has 0 aliphatic carbocycles. The van der Waals surface area contributed by atoms with E-state index in [2.05, 4.69) is 0 Å². The largest absolute Gasteiger partial charge is 0.488 e. The van der Waals surface area contributed by atoms with E-state index < -0.39 is 0 Å². The fraction of sp³-hybridized carbons (Fsp3) is 0.158. The molecule has 0 unspecified atom stereocenters. The van der Waals surface area contributed by atoms with E-state index in [1.54, 1.807) is 37.3 Å². The monoisotopic (exact) mass is 407 g/mol. The topological polar surface area (TPSA) is 46.6 Å². The first-order chi connectivity index (χ1) is 12.5. The molecule has 2 amide bonds. The molecule has 0 aromatic heterocycles. The van der Waals surface area contributed by atoms with Crippen LogP contribution in [0.3, 0.4) is 0 Å². The molecule has 0 radical (unpaired) electrons. The molecular weight excluding hydrogens is 393 g/mol. The minimum atomic E-state index is -0.280. The number of para-hydroxylation sites is 1. The van der Waals surface area contributed by atoms with E-state index >= 15 is 0 Å². The third-order valence-electron chi connectivity index (χ3n) is 3.79. The van der Waals surface area contributed by atoms with Crippen LogP contribution in [-0.4, -0.2) is 22.6 Å². The van der Waals surface area contributed by atoms with Gasteiger partial charge in [0.2, 0.25) is 0 Å². The number of benzene rings is 2. The molecule has 0 N–H and O–H groups in total. The summed E-state index contributed by atoms with van der Waals surface area (Å²) in [6, 6.07) is 12.5. The Morgan fingerprint density at radius 2 is 1.92 bits per heavy atom. The number of amides is 2. The zero-order valence-electron chi connectivity index (χ0n) is 13.9. The Balaban J connectivity index is 1.82. The van der Waals surface area contributed by atoms with Crippen molar-refractivity contribution in [2.45, 2.75) is 13.5 Å². The lowest BCUT2D eigenvalue weighted by atomic mass is 10.1. The van der Waals surface area contributed by atoms with Gasteiger partial charge in [0.1, 0.15) is 12.4 Å². The van der Waals surface area contributed by atoms with Crippen molar-refractivity contribution in [3.63, 3.8) is 0 Å². The summed E-state index contributed by atoms with van der Waals surface area (Å²) in [4.78, 5) is 25.7. The maximum absolute atomic E-state index is 12.3. The molecule has 0 bridgehead atoms. The van der Waals surface area contributed by atoms with Crippen LogP contribution >= 0.6 is 35.0 Å². The number of nitrogens with zero attached hydrogens (tertiary/aromatic N) is 1. The van der Waals surface area contributed by atoms with Gasteiger partial charge in [-0.15, -0.1) is 0 Å². The van der Waals surface area contributed by atoms with Crippen molar-refractivity contribution in [3.8, 4) is 5.75 Å². The van der Waals surface area contributed by atoms with E-state index in [0.29, 0.717) is 27.2 Å². The van der Waals surface area contributed by atoms with Gasteiger partial charge in [-0.3, -0.25) is 14.5 Å². The Labute approximate surface area is 165 Å². The summed E-state index contributed by atoms with van der Waals surface area (Å²) in [5.74, 6) is 0.319. The number of ether oxygens (including phenoxy) is 1. The second-order valence-electron chi connectivity index (χ2n) is 5.49. The second kappa shape index (κ2) is 8.16. The highest BCUT2D eigenvalue weighted by molar-refractivity contribution is 8.18. The van der Waals surface area contributed by atoms with Crippen molar-refractivity contribution in [3.05, 3.63) is 68.5 Å². The molecule has 1 saturated heterocycles. The molecule has 134 valence electrons. The van der Waals surface area contributed by atoms with E-state index in [1.807, 2.05) is 18.2 Å². The van der Waals surface area contributed by atoms with E-state index in [0.717, 1.165) is 22.9 Å². The molecule has 2 aromatic carbocycles. The predicted molar refractivity (Wildman–Crippen MR) is 106 cm³/mol. The van der Waals surface area contributed by atoms with Crippen LogP contribution in [0, 0.1) is 0 Å². The standard InChI is InChI=1S/C19H15Cl2NO3S/c1-2-22-18(23)17(26-19(22)24)9-12-5-3-4-6-16(12)25-11-13-7-8-14(20)10-15(13)21/h3-10H,2,11H2,1H3/b17-9+. The van der Waals surface area contributed by atoms with Gasteiger partial charge in [0.25, 0.3) is 11.1 Å². The first-order valence-corrected chi connectivity index (χ1v) is 9.48. The molecule has 2 aromatic rings. The van der Waals surface area contributed by atoms with Crippen LogP contribution in [-0.2, 0) is 11.4 Å². The van der Waals surface area contributed by atoms with Crippen LogP contribution in [0.25, 0.3) is 6.08 Å². The van der Waals surface area contributed by atoms with Crippen LogP contribution in [0.5, 0.6) is 5.75 Å². The molecule has 0 saturated carbocycles. The summed E-state index contributed by atoms with van der Waals surface area (Å²) < 4.78 is 5.88. The van der Waals surface area contributed by atoms with Gasteiger partial charge in [-0.2, -0.15) is 0 Å². The minimum Gasteiger partial charge on any atom is -0.488 e. The van der Waals surface area contributed by atoms with Crippen LogP contribution in [0.2, 0.25) is 10.0 Å². The Morgan fingerprint density at radius 1 is 1.15 bits per heavy atom. The summed E-state index contributed by atoms with van der Waals surface area (Å²) >= 11 is 13.0. The molecule has 26 heavy (non-hydrogen) atoms. The number of likely N-dealkylation sites (N-methyl/N-ethyl adjacent to an activating group) is 1. The maximum atomic E-state index is 12.3. The average molecular weight is 408 g/mol. The first kappa shape index (κ1) is 18.8. The molecule has 7 heteroatoms. The Kier molecular flexibility index (Phi) is 5.91. The van der Waals surface area contributed by atoms with E-state index in [1.165, 1.54) is 4.90 Å². The van der Waals surface area contributed by atoms with Crippen LogP contribution in [0.1, 0.15) is 18.1 Å². The Bertz CT molecular complexity index is 898. The van der Waals surface area contributed by atoms with Gasteiger partial charge in [0.05, 0.1) is 4.91 Å². The van der Waals surface area contributed by atoms with E-state index in [9.17, 15) is 9.59 Å². The van der Waals surface area contributed by atoms with Crippen molar-refractivity contribution in [1.82, 2.24) is 4.90 Å². The van der Waals surface area contributed by atoms with Crippen LogP contribution in [0.4, 0.5) is 4.79 Å². The smallest absolute Gasteiger partial charge is 0.293 e. The van der Waals surface area contributed by atoms with Gasteiger partial charge in [0, 0.05) is 27.7 Å². The molecule has 3 rings (SSSR count). The number of hydrogen-bond acceptors (Lipinski definition) is 4. The second-order valence-corrected chi connectivity index (χ2v) is 7.33. The fourth-order valence-electron chi connectivity index (χ4n) is 2.44. The number of hydrogen-bond donors (Lipinski definition) is 0. The van der Waals surface area contributed by atoms with Crippen molar-refractivity contribution in [2.75, 3.05) is 6.54 Å².